The van der Waals surface area contributed by atoms with Crippen molar-refractivity contribution < 1.29 is 17.2 Å². The summed E-state index contributed by atoms with van der Waals surface area (Å²) in [5, 5.41) is 1.34. The van der Waals surface area contributed by atoms with Gasteiger partial charge in [-0.3, -0.25) is 9.36 Å². The van der Waals surface area contributed by atoms with Gasteiger partial charge in [0, 0.05) is 16.7 Å². The van der Waals surface area contributed by atoms with Gasteiger partial charge in [0.1, 0.15) is 4.83 Å². The number of alkyl halides is 2. The van der Waals surface area contributed by atoms with Gasteiger partial charge in [-0.2, -0.15) is 8.78 Å². The summed E-state index contributed by atoms with van der Waals surface area (Å²) < 4.78 is 50.5. The topological polar surface area (TPSA) is 69.0 Å². The summed E-state index contributed by atoms with van der Waals surface area (Å²) in [6.45, 7) is 3.95. The number of thioether (sulfide) groups is 1. The molecule has 0 bridgehead atoms. The molecule has 0 N–H and O–H groups in total. The van der Waals surface area contributed by atoms with Gasteiger partial charge in [-0.15, -0.1) is 11.3 Å². The van der Waals surface area contributed by atoms with Crippen LogP contribution < -0.4 is 5.56 Å². The van der Waals surface area contributed by atoms with E-state index in [9.17, 15) is 22.0 Å². The number of hydrogen-bond acceptors (Lipinski definition) is 6. The molecule has 1 aliphatic carbocycles. The van der Waals surface area contributed by atoms with Crippen molar-refractivity contribution >= 4 is 43.2 Å². The highest BCUT2D eigenvalue weighted by molar-refractivity contribution is 7.98. The Hall–Kier alpha value is -1.78. The van der Waals surface area contributed by atoms with Gasteiger partial charge in [0.05, 0.1) is 10.3 Å². The molecule has 4 rings (SSSR count). The molecule has 5 nitrogen and oxygen atoms in total. The lowest BCUT2D eigenvalue weighted by atomic mass is 10.2. The van der Waals surface area contributed by atoms with E-state index in [-0.39, 0.29) is 11.6 Å². The highest BCUT2D eigenvalue weighted by Gasteiger charge is 2.27. The number of aromatic nitrogens is 2. The Morgan fingerprint density at radius 2 is 1.84 bits per heavy atom. The van der Waals surface area contributed by atoms with Crippen LogP contribution >= 0.6 is 23.1 Å². The van der Waals surface area contributed by atoms with E-state index in [2.05, 4.69) is 0 Å². The normalized spacial score (nSPS) is 15.4. The van der Waals surface area contributed by atoms with Gasteiger partial charge in [0.15, 0.2) is 5.16 Å². The predicted octanol–water partition coefficient (Wildman–Crippen LogP) is 5.48. The first-order chi connectivity index (χ1) is 14.7. The number of sulfone groups is 1. The highest BCUT2D eigenvalue weighted by Crippen LogP contribution is 2.35. The van der Waals surface area contributed by atoms with Gasteiger partial charge in [0.2, 0.25) is 9.84 Å². The Balaban J connectivity index is 1.67. The predicted molar refractivity (Wildman–Crippen MR) is 120 cm³/mol. The number of rotatable bonds is 6. The zero-order valence-corrected chi connectivity index (χ0v) is 19.5. The number of hydrogen-bond donors (Lipinski definition) is 0. The van der Waals surface area contributed by atoms with Crippen LogP contribution in [0.3, 0.4) is 0 Å². The maximum atomic E-state index is 13.4. The fraction of sp³-hybridized carbons (Fsp3) is 0.429. The van der Waals surface area contributed by atoms with Crippen LogP contribution in [0, 0.1) is 13.8 Å². The molecule has 10 heteroatoms. The SMILES string of the molecule is Cc1sc2nc(SCc3ccc(S(=O)(=O)C(F)F)cc3)n(C3CCCC3)c(=O)c2c1C. The molecule has 0 unspecified atom stereocenters. The number of halogens is 2. The van der Waals surface area contributed by atoms with E-state index < -0.39 is 20.5 Å². The van der Waals surface area contributed by atoms with Gasteiger partial charge in [-0.1, -0.05) is 36.7 Å². The molecule has 31 heavy (non-hydrogen) atoms. The second kappa shape index (κ2) is 8.63. The molecular weight excluding hydrogens is 462 g/mol. The van der Waals surface area contributed by atoms with Crippen molar-refractivity contribution in [2.75, 3.05) is 0 Å². The molecule has 2 heterocycles. The Morgan fingerprint density at radius 1 is 1.19 bits per heavy atom. The zero-order valence-electron chi connectivity index (χ0n) is 17.1. The molecule has 3 aromatic rings. The van der Waals surface area contributed by atoms with E-state index in [0.29, 0.717) is 16.3 Å². The summed E-state index contributed by atoms with van der Waals surface area (Å²) in [6, 6.07) is 5.58. The summed E-state index contributed by atoms with van der Waals surface area (Å²) in [5.41, 5.74) is 1.75. The molecule has 1 aliphatic rings. The van der Waals surface area contributed by atoms with Crippen molar-refractivity contribution in [2.24, 2.45) is 0 Å². The van der Waals surface area contributed by atoms with E-state index in [1.165, 1.54) is 47.4 Å². The van der Waals surface area contributed by atoms with Crippen molar-refractivity contribution in [2.45, 2.75) is 67.1 Å². The van der Waals surface area contributed by atoms with Gasteiger partial charge >= 0.3 is 5.76 Å². The minimum Gasteiger partial charge on any atom is -0.284 e. The summed E-state index contributed by atoms with van der Waals surface area (Å²) >= 11 is 2.92. The van der Waals surface area contributed by atoms with Crippen LogP contribution in [0.25, 0.3) is 10.2 Å². The van der Waals surface area contributed by atoms with Crippen molar-refractivity contribution in [3.05, 3.63) is 50.6 Å². The van der Waals surface area contributed by atoms with E-state index in [1.807, 2.05) is 18.4 Å². The first-order valence-corrected chi connectivity index (χ1v) is 13.3. The molecule has 0 spiro atoms. The third kappa shape index (κ3) is 4.17. The van der Waals surface area contributed by atoms with E-state index in [0.717, 1.165) is 46.5 Å². The van der Waals surface area contributed by atoms with Gasteiger partial charge in [-0.05, 0) is 49.9 Å². The van der Waals surface area contributed by atoms with Gasteiger partial charge in [-0.25, -0.2) is 13.4 Å². The highest BCUT2D eigenvalue weighted by atomic mass is 32.2. The fourth-order valence-electron chi connectivity index (χ4n) is 3.90. The molecule has 1 aromatic carbocycles. The summed E-state index contributed by atoms with van der Waals surface area (Å²) in [4.78, 5) is 19.6. The lowest BCUT2D eigenvalue weighted by molar-refractivity contribution is 0.234. The average Bonchev–Trinajstić information content (AvgIpc) is 3.35. The second-order valence-corrected chi connectivity index (χ2v) is 11.8. The van der Waals surface area contributed by atoms with Crippen LogP contribution in [0.2, 0.25) is 0 Å². The Kier molecular flexibility index (Phi) is 6.24. The minimum absolute atomic E-state index is 0.000347. The largest absolute Gasteiger partial charge is 0.341 e. The minimum atomic E-state index is -4.61. The monoisotopic (exact) mass is 484 g/mol. The van der Waals surface area contributed by atoms with Crippen LogP contribution in [-0.4, -0.2) is 23.7 Å². The smallest absolute Gasteiger partial charge is 0.284 e. The third-order valence-electron chi connectivity index (χ3n) is 5.75. The number of benzene rings is 1. The van der Waals surface area contributed by atoms with Crippen LogP contribution in [-0.2, 0) is 15.6 Å². The Bertz CT molecular complexity index is 1280. The van der Waals surface area contributed by atoms with Crippen molar-refractivity contribution in [3.63, 3.8) is 0 Å². The molecule has 0 radical (unpaired) electrons. The first kappa shape index (κ1) is 22.4. The number of nitrogens with zero attached hydrogens (tertiary/aromatic N) is 2. The molecule has 1 saturated carbocycles. The number of fused-ring (bicyclic) bond motifs is 1. The van der Waals surface area contributed by atoms with Crippen LogP contribution in [0.5, 0.6) is 0 Å². The van der Waals surface area contributed by atoms with E-state index >= 15 is 0 Å². The van der Waals surface area contributed by atoms with Crippen molar-refractivity contribution in [1.29, 1.82) is 0 Å². The summed E-state index contributed by atoms with van der Waals surface area (Å²) in [5.74, 6) is -2.99. The van der Waals surface area contributed by atoms with Crippen LogP contribution in [0.4, 0.5) is 8.78 Å². The standard InChI is InChI=1S/C21H22F2N2O3S3/c1-12-13(2)30-18-17(12)19(26)25(15-5-3-4-6-15)21(24-18)29-11-14-7-9-16(10-8-14)31(27,28)20(22)23/h7-10,15,20H,3-6,11H2,1-2H3. The average molecular weight is 485 g/mol. The number of aryl methyl sites for hydroxylation is 2. The maximum absolute atomic E-state index is 13.4. The van der Waals surface area contributed by atoms with Crippen molar-refractivity contribution in [3.8, 4) is 0 Å². The van der Waals surface area contributed by atoms with E-state index in [1.54, 1.807) is 0 Å². The lowest BCUT2D eigenvalue weighted by Crippen LogP contribution is -2.26. The molecule has 1 fully saturated rings. The quantitative estimate of drug-likeness (QED) is 0.342. The Morgan fingerprint density at radius 3 is 2.45 bits per heavy atom. The third-order valence-corrected chi connectivity index (χ3v) is 9.27. The second-order valence-electron chi connectivity index (χ2n) is 7.71. The summed E-state index contributed by atoms with van der Waals surface area (Å²) in [6.07, 6.45) is 4.06. The van der Waals surface area contributed by atoms with Gasteiger partial charge in [0.25, 0.3) is 5.56 Å². The molecule has 0 atom stereocenters. The molecule has 0 amide bonds. The fourth-order valence-corrected chi connectivity index (χ4v) is 6.71. The van der Waals surface area contributed by atoms with Gasteiger partial charge < -0.3 is 0 Å². The number of thiophene rings is 1. The molecule has 166 valence electrons. The molecule has 0 saturated heterocycles. The van der Waals surface area contributed by atoms with Crippen molar-refractivity contribution in [1.82, 2.24) is 9.55 Å². The maximum Gasteiger partial charge on any atom is 0.341 e. The van der Waals surface area contributed by atoms with Crippen LogP contribution in [0.15, 0.2) is 39.1 Å². The first-order valence-electron chi connectivity index (χ1n) is 9.96. The zero-order chi connectivity index (χ0) is 22.3. The molecular formula is C21H22F2N2O3S3. The Labute approximate surface area is 187 Å². The summed E-state index contributed by atoms with van der Waals surface area (Å²) in [7, 11) is -4.61. The molecule has 2 aromatic heterocycles. The van der Waals surface area contributed by atoms with E-state index in [4.69, 9.17) is 4.98 Å². The molecule has 0 aliphatic heterocycles. The van der Waals surface area contributed by atoms with Crippen LogP contribution in [0.1, 0.15) is 47.7 Å². The lowest BCUT2D eigenvalue weighted by Gasteiger charge is -2.18.